The number of benzene rings is 3. The van der Waals surface area contributed by atoms with Crippen LogP contribution < -0.4 is 0 Å². The highest BCUT2D eigenvalue weighted by Crippen LogP contribution is 2.45. The summed E-state index contributed by atoms with van der Waals surface area (Å²) in [6.45, 7) is 5.62. The molecule has 0 spiro atoms. The predicted molar refractivity (Wildman–Crippen MR) is 149 cm³/mol. The average molecular weight is 485 g/mol. The maximum Gasteiger partial charge on any atom is 0.236 e. The summed E-state index contributed by atoms with van der Waals surface area (Å²) in [5, 5.41) is 8.92. The molecular weight excluding hydrogens is 444 g/mol. The molecule has 3 aromatic carbocycles. The van der Waals surface area contributed by atoms with Gasteiger partial charge in [-0.1, -0.05) is 117 Å². The molecule has 0 saturated heterocycles. The molecule has 2 radical (unpaired) electrons. The minimum absolute atomic E-state index is 0.0200. The number of aryl methyl sites for hydroxylation is 2. The lowest BCUT2D eigenvalue weighted by molar-refractivity contribution is 0.301. The molecule has 0 aliphatic heterocycles. The summed E-state index contributed by atoms with van der Waals surface area (Å²) in [5.41, 5.74) is 5.60. The summed E-state index contributed by atoms with van der Waals surface area (Å²) < 4.78 is 6.27. The summed E-state index contributed by atoms with van der Waals surface area (Å²) >= 11 is 0. The van der Waals surface area contributed by atoms with E-state index in [9.17, 15) is 0 Å². The fourth-order valence-electron chi connectivity index (χ4n) is 4.76. The zero-order valence-electron chi connectivity index (χ0n) is 21.3. The summed E-state index contributed by atoms with van der Waals surface area (Å²) in [6, 6.07) is 30.4. The third-order valence-corrected chi connectivity index (χ3v) is 7.65. The standard InChI is InChI=1S/C32H40O2Si/c1-32(2,31(29-21-7-3-8-22-29)30-23-9-4-10-24-30)35-34-26-16-6-12-18-28-20-14-13-19-27(28)17-11-5-15-25-33/h3-5,7-10,13-15,19-24,31,33H,6,11-12,16-18,25-26H2,1-2H3/b15-5+. The van der Waals surface area contributed by atoms with Gasteiger partial charge in [0.15, 0.2) is 0 Å². The number of allylic oxidation sites excluding steroid dienone is 1. The monoisotopic (exact) mass is 484 g/mol. The maximum atomic E-state index is 8.90. The van der Waals surface area contributed by atoms with E-state index in [2.05, 4.69) is 105 Å². The first-order chi connectivity index (χ1) is 17.1. The Bertz CT molecular complexity index is 959. The molecule has 0 bridgehead atoms. The van der Waals surface area contributed by atoms with Gasteiger partial charge in [0.05, 0.1) is 6.61 Å². The van der Waals surface area contributed by atoms with E-state index in [0.717, 1.165) is 32.3 Å². The van der Waals surface area contributed by atoms with Gasteiger partial charge in [-0.2, -0.15) is 0 Å². The van der Waals surface area contributed by atoms with Gasteiger partial charge in [-0.3, -0.25) is 0 Å². The van der Waals surface area contributed by atoms with E-state index >= 15 is 0 Å². The normalized spacial score (nSPS) is 12.0. The Labute approximate surface area is 215 Å². The molecule has 184 valence electrons. The van der Waals surface area contributed by atoms with Crippen LogP contribution in [0, 0.1) is 0 Å². The smallest absolute Gasteiger partial charge is 0.236 e. The van der Waals surface area contributed by atoms with Crippen LogP contribution in [-0.4, -0.2) is 28.1 Å². The van der Waals surface area contributed by atoms with Crippen LogP contribution >= 0.6 is 0 Å². The third kappa shape index (κ3) is 8.92. The van der Waals surface area contributed by atoms with Gasteiger partial charge < -0.3 is 9.53 Å². The van der Waals surface area contributed by atoms with Gasteiger partial charge >= 0.3 is 0 Å². The van der Waals surface area contributed by atoms with Gasteiger partial charge in [-0.15, -0.1) is 0 Å². The number of unbranched alkanes of at least 4 members (excludes halogenated alkanes) is 2. The van der Waals surface area contributed by atoms with Crippen molar-refractivity contribution in [2.24, 2.45) is 0 Å². The summed E-state index contributed by atoms with van der Waals surface area (Å²) in [5.74, 6) is 0.312. The number of aliphatic hydroxyl groups excluding tert-OH is 1. The second-order valence-corrected chi connectivity index (χ2v) is 11.5. The largest absolute Gasteiger partial charge is 0.417 e. The van der Waals surface area contributed by atoms with E-state index in [1.165, 1.54) is 35.1 Å². The Balaban J connectivity index is 1.44. The van der Waals surface area contributed by atoms with Crippen molar-refractivity contribution in [1.29, 1.82) is 0 Å². The second-order valence-electron chi connectivity index (χ2n) is 9.70. The Morgan fingerprint density at radius 1 is 0.743 bits per heavy atom. The Hall–Kier alpha value is -2.46. The number of hydrogen-bond donors (Lipinski definition) is 1. The molecule has 3 rings (SSSR count). The molecule has 0 atom stereocenters. The Kier molecular flexibility index (Phi) is 11.5. The predicted octanol–water partition coefficient (Wildman–Crippen LogP) is 7.55. The molecule has 1 N–H and O–H groups in total. The highest BCUT2D eigenvalue weighted by atomic mass is 28.2. The van der Waals surface area contributed by atoms with Crippen molar-refractivity contribution in [3.63, 3.8) is 0 Å². The fraction of sp³-hybridized carbons (Fsp3) is 0.375. The van der Waals surface area contributed by atoms with E-state index in [4.69, 9.17) is 9.53 Å². The van der Waals surface area contributed by atoms with Gasteiger partial charge in [-0.05, 0) is 59.4 Å². The van der Waals surface area contributed by atoms with Gasteiger partial charge in [0, 0.05) is 12.5 Å². The van der Waals surface area contributed by atoms with Gasteiger partial charge in [0.2, 0.25) is 9.76 Å². The van der Waals surface area contributed by atoms with Crippen LogP contribution in [0.4, 0.5) is 0 Å². The van der Waals surface area contributed by atoms with Crippen molar-refractivity contribution in [3.05, 3.63) is 119 Å². The average Bonchev–Trinajstić information content (AvgIpc) is 2.88. The third-order valence-electron chi connectivity index (χ3n) is 6.49. The maximum absolute atomic E-state index is 8.90. The van der Waals surface area contributed by atoms with Crippen LogP contribution in [0.5, 0.6) is 0 Å². The van der Waals surface area contributed by atoms with Gasteiger partial charge in [0.25, 0.3) is 0 Å². The highest BCUT2D eigenvalue weighted by molar-refractivity contribution is 6.32. The molecule has 0 heterocycles. The number of rotatable bonds is 15. The lowest BCUT2D eigenvalue weighted by Crippen LogP contribution is -2.25. The molecule has 35 heavy (non-hydrogen) atoms. The molecule has 2 nitrogen and oxygen atoms in total. The molecule has 0 aliphatic rings. The lowest BCUT2D eigenvalue weighted by Gasteiger charge is -2.34. The van der Waals surface area contributed by atoms with Crippen LogP contribution in [0.2, 0.25) is 5.04 Å². The molecule has 3 heteroatoms. The first kappa shape index (κ1) is 27.1. The molecular formula is C32H40O2Si. The molecule has 3 aromatic rings. The summed E-state index contributed by atoms with van der Waals surface area (Å²) in [6.07, 6.45) is 10.5. The van der Waals surface area contributed by atoms with E-state index in [1.807, 2.05) is 6.08 Å². The van der Waals surface area contributed by atoms with E-state index in [1.54, 1.807) is 0 Å². The summed E-state index contributed by atoms with van der Waals surface area (Å²) in [7, 11) is 0.448. The minimum atomic E-state index is 0.0200. The lowest BCUT2D eigenvalue weighted by atomic mass is 9.82. The van der Waals surface area contributed by atoms with Crippen molar-refractivity contribution in [1.82, 2.24) is 0 Å². The molecule has 0 fully saturated rings. The first-order valence-corrected chi connectivity index (χ1v) is 13.8. The van der Waals surface area contributed by atoms with Crippen molar-refractivity contribution in [2.45, 2.75) is 63.3 Å². The topological polar surface area (TPSA) is 29.5 Å². The second kappa shape index (κ2) is 14.8. The van der Waals surface area contributed by atoms with Crippen molar-refractivity contribution in [2.75, 3.05) is 13.2 Å². The summed E-state index contributed by atoms with van der Waals surface area (Å²) in [4.78, 5) is 0. The molecule has 0 aliphatic carbocycles. The fourth-order valence-corrected chi connectivity index (χ4v) is 5.83. The van der Waals surface area contributed by atoms with Gasteiger partial charge in [0.1, 0.15) is 0 Å². The van der Waals surface area contributed by atoms with E-state index in [0.29, 0.717) is 15.7 Å². The van der Waals surface area contributed by atoms with E-state index < -0.39 is 0 Å². The highest BCUT2D eigenvalue weighted by Gasteiger charge is 2.33. The molecule has 0 aromatic heterocycles. The van der Waals surface area contributed by atoms with Crippen molar-refractivity contribution < 1.29 is 9.53 Å². The minimum Gasteiger partial charge on any atom is -0.417 e. The zero-order valence-corrected chi connectivity index (χ0v) is 22.3. The van der Waals surface area contributed by atoms with Crippen LogP contribution in [0.25, 0.3) is 0 Å². The molecule has 0 saturated carbocycles. The SMILES string of the molecule is CC(C)([Si]OCCCCCc1ccccc1CC/C=C/CO)C(c1ccccc1)c1ccccc1. The molecule has 0 unspecified atom stereocenters. The van der Waals surface area contributed by atoms with Crippen molar-refractivity contribution in [3.8, 4) is 0 Å². The number of aliphatic hydroxyl groups is 1. The quantitative estimate of drug-likeness (QED) is 0.137. The van der Waals surface area contributed by atoms with Crippen molar-refractivity contribution >= 4 is 9.76 Å². The Morgan fingerprint density at radius 2 is 1.31 bits per heavy atom. The first-order valence-electron chi connectivity index (χ1n) is 12.9. The Morgan fingerprint density at radius 3 is 1.91 bits per heavy atom. The van der Waals surface area contributed by atoms with Crippen LogP contribution in [0.1, 0.15) is 67.7 Å². The van der Waals surface area contributed by atoms with Crippen LogP contribution in [0.15, 0.2) is 97.1 Å². The van der Waals surface area contributed by atoms with Crippen LogP contribution in [0.3, 0.4) is 0 Å². The van der Waals surface area contributed by atoms with Gasteiger partial charge in [-0.25, -0.2) is 0 Å². The number of hydrogen-bond acceptors (Lipinski definition) is 2. The van der Waals surface area contributed by atoms with Crippen LogP contribution in [-0.2, 0) is 17.3 Å². The van der Waals surface area contributed by atoms with E-state index in [-0.39, 0.29) is 11.6 Å². The molecule has 0 amide bonds. The zero-order chi connectivity index (χ0) is 24.8.